The van der Waals surface area contributed by atoms with E-state index in [0.29, 0.717) is 17.1 Å². The highest BCUT2D eigenvalue weighted by Crippen LogP contribution is 2.25. The second-order valence-corrected chi connectivity index (χ2v) is 5.51. The van der Waals surface area contributed by atoms with Crippen LogP contribution in [0.15, 0.2) is 0 Å². The zero-order valence-corrected chi connectivity index (χ0v) is 12.3. The molecule has 1 heterocycles. The van der Waals surface area contributed by atoms with E-state index in [1.807, 2.05) is 13.8 Å². The average Bonchev–Trinajstić information content (AvgIpc) is 2.24. The van der Waals surface area contributed by atoms with Gasteiger partial charge in [0.15, 0.2) is 11.0 Å². The molecule has 17 heavy (non-hydrogen) atoms. The van der Waals surface area contributed by atoms with E-state index in [4.69, 9.17) is 11.6 Å². The summed E-state index contributed by atoms with van der Waals surface area (Å²) < 4.78 is 0. The van der Waals surface area contributed by atoms with Crippen LogP contribution < -0.4 is 4.90 Å². The first-order chi connectivity index (χ1) is 7.84. The van der Waals surface area contributed by atoms with E-state index < -0.39 is 0 Å². The minimum absolute atomic E-state index is 0.448. The minimum atomic E-state index is 0.448. The molecule has 0 saturated carbocycles. The Kier molecular flexibility index (Phi) is 4.75. The Morgan fingerprint density at radius 3 is 2.24 bits per heavy atom. The fourth-order valence-electron chi connectivity index (χ4n) is 1.95. The summed E-state index contributed by atoms with van der Waals surface area (Å²) in [5.74, 6) is 1.61. The first-order valence-corrected chi connectivity index (χ1v) is 6.44. The quantitative estimate of drug-likeness (QED) is 0.823. The summed E-state index contributed by atoms with van der Waals surface area (Å²) in [5.41, 5.74) is 2.13. The zero-order chi connectivity index (χ0) is 13.2. The summed E-state index contributed by atoms with van der Waals surface area (Å²) >= 11 is 5.96. The largest absolute Gasteiger partial charge is 0.355 e. The summed E-state index contributed by atoms with van der Waals surface area (Å²) in [6.07, 6.45) is 1.14. The summed E-state index contributed by atoms with van der Waals surface area (Å²) in [7, 11) is 2.07. The number of aromatic nitrogens is 2. The van der Waals surface area contributed by atoms with Crippen molar-refractivity contribution in [1.82, 2.24) is 10.2 Å². The van der Waals surface area contributed by atoms with Crippen LogP contribution in [0, 0.1) is 19.8 Å². The lowest BCUT2D eigenvalue weighted by Gasteiger charge is -2.28. The van der Waals surface area contributed by atoms with Gasteiger partial charge in [-0.15, -0.1) is 10.2 Å². The van der Waals surface area contributed by atoms with Crippen LogP contribution in [-0.2, 0) is 0 Å². The van der Waals surface area contributed by atoms with Crippen LogP contribution in [-0.4, -0.2) is 23.3 Å². The molecule has 0 radical (unpaired) electrons. The molecule has 3 nitrogen and oxygen atoms in total. The van der Waals surface area contributed by atoms with E-state index >= 15 is 0 Å². The van der Waals surface area contributed by atoms with Crippen LogP contribution in [0.5, 0.6) is 0 Å². The van der Waals surface area contributed by atoms with Crippen LogP contribution in [0.25, 0.3) is 0 Å². The second-order valence-electron chi connectivity index (χ2n) is 5.15. The summed E-state index contributed by atoms with van der Waals surface area (Å²) in [6, 6.07) is 0.448. The van der Waals surface area contributed by atoms with Gasteiger partial charge in [-0.05, 0) is 44.2 Å². The average molecular weight is 256 g/mol. The lowest BCUT2D eigenvalue weighted by Crippen LogP contribution is -2.31. The number of anilines is 1. The molecule has 0 aromatic carbocycles. The van der Waals surface area contributed by atoms with Crippen LogP contribution in [0.2, 0.25) is 5.15 Å². The molecule has 0 spiro atoms. The van der Waals surface area contributed by atoms with Crippen LogP contribution >= 0.6 is 11.6 Å². The predicted octanol–water partition coefficient (Wildman–Crippen LogP) is 3.62. The van der Waals surface area contributed by atoms with Crippen molar-refractivity contribution in [3.8, 4) is 0 Å². The van der Waals surface area contributed by atoms with Gasteiger partial charge >= 0.3 is 0 Å². The SMILES string of the molecule is Cc1c(Cl)nnc(N(C)C(C)CC(C)C)c1C. The van der Waals surface area contributed by atoms with Crippen molar-refractivity contribution in [2.75, 3.05) is 11.9 Å². The van der Waals surface area contributed by atoms with Gasteiger partial charge in [0.2, 0.25) is 0 Å². The predicted molar refractivity (Wildman–Crippen MR) is 73.8 cm³/mol. The topological polar surface area (TPSA) is 29.0 Å². The van der Waals surface area contributed by atoms with Gasteiger partial charge in [0.1, 0.15) is 0 Å². The van der Waals surface area contributed by atoms with Crippen LogP contribution in [0.1, 0.15) is 38.3 Å². The smallest absolute Gasteiger partial charge is 0.155 e. The van der Waals surface area contributed by atoms with Crippen LogP contribution in [0.3, 0.4) is 0 Å². The Hall–Kier alpha value is -0.830. The van der Waals surface area contributed by atoms with E-state index in [0.717, 1.165) is 23.4 Å². The third-order valence-corrected chi connectivity index (χ3v) is 3.61. The molecule has 96 valence electrons. The Labute approximate surface area is 109 Å². The lowest BCUT2D eigenvalue weighted by atomic mass is 10.0. The van der Waals surface area contributed by atoms with Crippen molar-refractivity contribution in [3.05, 3.63) is 16.3 Å². The van der Waals surface area contributed by atoms with Crippen molar-refractivity contribution in [2.45, 2.75) is 47.1 Å². The number of rotatable bonds is 4. The zero-order valence-electron chi connectivity index (χ0n) is 11.6. The highest BCUT2D eigenvalue weighted by molar-refractivity contribution is 6.30. The number of hydrogen-bond acceptors (Lipinski definition) is 3. The van der Waals surface area contributed by atoms with Crippen molar-refractivity contribution >= 4 is 17.4 Å². The van der Waals surface area contributed by atoms with E-state index in [2.05, 4.69) is 42.9 Å². The van der Waals surface area contributed by atoms with Crippen molar-refractivity contribution < 1.29 is 0 Å². The maximum Gasteiger partial charge on any atom is 0.155 e. The molecule has 1 rings (SSSR count). The third-order valence-electron chi connectivity index (χ3n) is 3.25. The fourth-order valence-corrected chi connectivity index (χ4v) is 2.13. The maximum absolute atomic E-state index is 5.96. The molecular weight excluding hydrogens is 234 g/mol. The molecule has 0 saturated heterocycles. The first-order valence-electron chi connectivity index (χ1n) is 6.06. The van der Waals surface area contributed by atoms with Crippen molar-refractivity contribution in [2.24, 2.45) is 5.92 Å². The monoisotopic (exact) mass is 255 g/mol. The summed E-state index contributed by atoms with van der Waals surface area (Å²) in [4.78, 5) is 2.19. The number of halogens is 1. The molecular formula is C13H22ClN3. The molecule has 4 heteroatoms. The standard InChI is InChI=1S/C13H22ClN3/c1-8(2)7-9(3)17(6)13-11(5)10(4)12(14)15-16-13/h8-9H,7H2,1-6H3. The van der Waals surface area contributed by atoms with Crippen LogP contribution in [0.4, 0.5) is 5.82 Å². The van der Waals surface area contributed by atoms with E-state index in [1.54, 1.807) is 0 Å². The molecule has 0 N–H and O–H groups in total. The van der Waals surface area contributed by atoms with Crippen molar-refractivity contribution in [1.29, 1.82) is 0 Å². The Morgan fingerprint density at radius 2 is 1.71 bits per heavy atom. The van der Waals surface area contributed by atoms with Gasteiger partial charge in [-0.3, -0.25) is 0 Å². The Bertz CT molecular complexity index is 390. The van der Waals surface area contributed by atoms with Gasteiger partial charge in [0.05, 0.1) is 0 Å². The Morgan fingerprint density at radius 1 is 1.12 bits per heavy atom. The third kappa shape index (κ3) is 3.32. The van der Waals surface area contributed by atoms with Crippen molar-refractivity contribution in [3.63, 3.8) is 0 Å². The first kappa shape index (κ1) is 14.2. The highest BCUT2D eigenvalue weighted by atomic mass is 35.5. The Balaban J connectivity index is 2.96. The molecule has 1 atom stereocenters. The number of hydrogen-bond donors (Lipinski definition) is 0. The van der Waals surface area contributed by atoms with Gasteiger partial charge < -0.3 is 4.90 Å². The van der Waals surface area contributed by atoms with Gasteiger partial charge in [0.25, 0.3) is 0 Å². The maximum atomic E-state index is 5.96. The van der Waals surface area contributed by atoms with E-state index in [-0.39, 0.29) is 0 Å². The molecule has 0 aliphatic rings. The molecule has 0 fully saturated rings. The number of nitrogens with zero attached hydrogens (tertiary/aromatic N) is 3. The molecule has 0 aliphatic heterocycles. The second kappa shape index (κ2) is 5.67. The van der Waals surface area contributed by atoms with Gasteiger partial charge in [-0.2, -0.15) is 0 Å². The molecule has 1 aromatic rings. The summed E-state index contributed by atoms with van der Waals surface area (Å²) in [6.45, 7) is 10.7. The van der Waals surface area contributed by atoms with Gasteiger partial charge in [-0.1, -0.05) is 25.4 Å². The van der Waals surface area contributed by atoms with Gasteiger partial charge in [-0.25, -0.2) is 0 Å². The van der Waals surface area contributed by atoms with E-state index in [1.165, 1.54) is 0 Å². The van der Waals surface area contributed by atoms with E-state index in [9.17, 15) is 0 Å². The lowest BCUT2D eigenvalue weighted by molar-refractivity contribution is 0.500. The molecule has 1 unspecified atom stereocenters. The molecule has 1 aromatic heterocycles. The highest BCUT2D eigenvalue weighted by Gasteiger charge is 2.17. The molecule has 0 aliphatic carbocycles. The molecule has 0 amide bonds. The fraction of sp³-hybridized carbons (Fsp3) is 0.692. The van der Waals surface area contributed by atoms with Gasteiger partial charge in [0, 0.05) is 13.1 Å². The summed E-state index contributed by atoms with van der Waals surface area (Å²) in [5, 5.41) is 8.70. The molecule has 0 bridgehead atoms. The minimum Gasteiger partial charge on any atom is -0.355 e. The normalized spacial score (nSPS) is 12.9.